The standard InChI is InChI=1S/C9H13I2N2O6P/c1-6(2)7(14)17-3-4-18-8(15)12-11-13(10-20-11)5-19-9(13)16/h10,20H,1,3-5H2,2H3/p+1/i10D. The fraction of sp³-hybridized carbons (Fsp3) is 0.444. The van der Waals surface area contributed by atoms with Gasteiger partial charge in [-0.1, -0.05) is 0 Å². The number of carbonyl (C=O) groups excluding carboxylic acids is 3. The molecule has 0 radical (unpaired) electrons. The first-order valence-electron chi connectivity index (χ1n) is 5.77. The van der Waals surface area contributed by atoms with Crippen molar-refractivity contribution in [3.63, 3.8) is 0 Å². The van der Waals surface area contributed by atoms with Crippen LogP contribution in [0.4, 0.5) is 9.59 Å². The van der Waals surface area contributed by atoms with Crippen LogP contribution in [0.5, 0.6) is 0 Å². The Labute approximate surface area is 134 Å². The molecule has 2 unspecified atom stereocenters. The Morgan fingerprint density at radius 3 is 2.85 bits per heavy atom. The third-order valence-corrected chi connectivity index (χ3v) is 32.9. The van der Waals surface area contributed by atoms with Crippen LogP contribution in [0.2, 0.25) is 0 Å². The molecule has 0 aromatic heterocycles. The number of rotatable bonds is 5. The van der Waals surface area contributed by atoms with E-state index >= 15 is 0 Å². The van der Waals surface area contributed by atoms with Gasteiger partial charge in [-0.15, -0.1) is 0 Å². The van der Waals surface area contributed by atoms with Crippen molar-refractivity contribution < 1.29 is 29.5 Å². The Morgan fingerprint density at radius 1 is 1.65 bits per heavy atom. The zero-order chi connectivity index (χ0) is 15.6. The van der Waals surface area contributed by atoms with Gasteiger partial charge >= 0.3 is 135 Å². The number of hydrogen-bond donors (Lipinski definition) is 1. The summed E-state index contributed by atoms with van der Waals surface area (Å²) in [5.74, 6) is -0.535. The van der Waals surface area contributed by atoms with E-state index in [1.54, 1.807) is 0 Å². The number of amides is 2. The van der Waals surface area contributed by atoms with Gasteiger partial charge in [0.25, 0.3) is 0 Å². The molecule has 2 aliphatic heterocycles. The van der Waals surface area contributed by atoms with Crippen LogP contribution in [-0.4, -0.2) is 39.6 Å². The van der Waals surface area contributed by atoms with Crippen molar-refractivity contribution in [2.75, 3.05) is 19.9 Å². The number of halogens is 2. The maximum absolute atomic E-state index is 11.6. The number of esters is 1. The molecule has 1 N–H and O–H groups in total. The zero-order valence-corrected chi connectivity index (χ0v) is 15.8. The first kappa shape index (κ1) is 14.7. The van der Waals surface area contributed by atoms with E-state index < -0.39 is 52.6 Å². The van der Waals surface area contributed by atoms with E-state index in [1.165, 1.54) is 6.92 Å². The summed E-state index contributed by atoms with van der Waals surface area (Å²) in [5.41, 5.74) is 0.276. The number of cyclic esters (lactones) is 1. The molecule has 2 fully saturated rings. The number of nitrogens with zero attached hydrogens (tertiary/aromatic N) is 1. The summed E-state index contributed by atoms with van der Waals surface area (Å²) in [4.78, 5) is 34.2. The van der Waals surface area contributed by atoms with Crippen LogP contribution in [0, 0.1) is 0 Å². The number of quaternary nitrogens is 1. The SMILES string of the molecule is [2H]I1PI(NC(=O)OCCOC(=O)C(=C)C)[N+]12COC2=O. The Morgan fingerprint density at radius 2 is 2.35 bits per heavy atom. The molecule has 2 heterocycles. The second kappa shape index (κ2) is 6.71. The molecule has 0 aliphatic carbocycles. The molecular formula is C9H14I2N2O6P+. The molecule has 0 aromatic carbocycles. The second-order valence-electron chi connectivity index (χ2n) is 3.74. The quantitative estimate of drug-likeness (QED) is 0.111. The van der Waals surface area contributed by atoms with E-state index in [0.29, 0.717) is 3.87 Å². The summed E-state index contributed by atoms with van der Waals surface area (Å²) < 4.78 is 25.6. The molecule has 2 amide bonds. The molecule has 8 nitrogen and oxygen atoms in total. The van der Waals surface area contributed by atoms with Gasteiger partial charge in [0.05, 0.1) is 0 Å². The summed E-state index contributed by atoms with van der Waals surface area (Å²) in [6.45, 7) is 5.08. The predicted octanol–water partition coefficient (Wildman–Crippen LogP) is 2.23. The molecule has 114 valence electrons. The van der Waals surface area contributed by atoms with Crippen LogP contribution in [0.25, 0.3) is 0 Å². The third-order valence-electron chi connectivity index (χ3n) is 2.18. The van der Waals surface area contributed by atoms with Crippen molar-refractivity contribution in [2.45, 2.75) is 6.92 Å². The first-order chi connectivity index (χ1) is 9.87. The van der Waals surface area contributed by atoms with Crippen molar-refractivity contribution in [2.24, 2.45) is 0 Å². The molecule has 0 saturated carbocycles. The topological polar surface area (TPSA) is 90.9 Å². The van der Waals surface area contributed by atoms with Crippen molar-refractivity contribution in [1.29, 1.82) is 0.594 Å². The van der Waals surface area contributed by atoms with Crippen LogP contribution < -0.4 is 3.53 Å². The van der Waals surface area contributed by atoms with Gasteiger partial charge in [-0.05, 0) is 0 Å². The Balaban J connectivity index is 1.68. The van der Waals surface area contributed by atoms with E-state index in [1.807, 2.05) is 0 Å². The predicted molar refractivity (Wildman–Crippen MR) is 89.6 cm³/mol. The van der Waals surface area contributed by atoms with Crippen LogP contribution >= 0.6 is 44.4 Å². The second-order valence-corrected chi connectivity index (χ2v) is 24.5. The van der Waals surface area contributed by atoms with Gasteiger partial charge in [0, 0.05) is 0 Å². The molecule has 2 atom stereocenters. The Hall–Kier alpha value is -0.200. The average Bonchev–Trinajstić information content (AvgIpc) is 2.40. The van der Waals surface area contributed by atoms with Crippen LogP contribution in [-0.2, 0) is 19.0 Å². The number of hydrogen-bond acceptors (Lipinski definition) is 6. The molecule has 1 spiro atoms. The van der Waals surface area contributed by atoms with E-state index in [0.717, 1.165) is 0 Å². The zero-order valence-electron chi connectivity index (χ0n) is 11.5. The van der Waals surface area contributed by atoms with Gasteiger partial charge in [-0.3, -0.25) is 0 Å². The molecule has 20 heavy (non-hydrogen) atoms. The summed E-state index contributed by atoms with van der Waals surface area (Å²) in [5, 5.41) is 0. The van der Waals surface area contributed by atoms with Gasteiger partial charge in [-0.25, -0.2) is 0 Å². The molecule has 2 aliphatic rings. The summed E-state index contributed by atoms with van der Waals surface area (Å²) in [6, 6.07) is 0. The van der Waals surface area contributed by atoms with Gasteiger partial charge in [0.15, 0.2) is 0 Å². The molecule has 11 heteroatoms. The van der Waals surface area contributed by atoms with E-state index in [9.17, 15) is 14.4 Å². The number of nitrogens with one attached hydrogen (secondary N) is 1. The molecule has 0 aromatic rings. The minimum absolute atomic E-state index is 0.0470. The van der Waals surface area contributed by atoms with Gasteiger partial charge in [-0.2, -0.15) is 0 Å². The van der Waals surface area contributed by atoms with Gasteiger partial charge in [0.1, 0.15) is 0 Å². The van der Waals surface area contributed by atoms with Crippen LogP contribution in [0.3, 0.4) is 0 Å². The summed E-state index contributed by atoms with van der Waals surface area (Å²) in [7, 11) is 0. The fourth-order valence-corrected chi connectivity index (χ4v) is 27.6. The fourth-order valence-electron chi connectivity index (χ4n) is 1.11. The molecular weight excluding hydrogens is 517 g/mol. The van der Waals surface area contributed by atoms with E-state index in [2.05, 4.69) is 10.1 Å². The van der Waals surface area contributed by atoms with Crippen molar-refractivity contribution in [3.8, 4) is 0 Å². The monoisotopic (exact) mass is 532 g/mol. The minimum atomic E-state index is -2.07. The normalized spacial score (nSPS) is 28.9. The first-order valence-corrected chi connectivity index (χ1v) is 15.6. The maximum atomic E-state index is 11.6. The van der Waals surface area contributed by atoms with Crippen molar-refractivity contribution >= 4 is 62.6 Å². The Kier molecular flexibility index (Phi) is 4.94. The van der Waals surface area contributed by atoms with E-state index in [4.69, 9.17) is 14.8 Å². The van der Waals surface area contributed by atoms with Gasteiger partial charge in [0.2, 0.25) is 0 Å². The van der Waals surface area contributed by atoms with E-state index in [-0.39, 0.29) is 32.5 Å². The molecule has 0 bridgehead atoms. The number of carbonyl (C=O) groups is 3. The van der Waals surface area contributed by atoms with Gasteiger partial charge < -0.3 is 0 Å². The molecule has 2 saturated heterocycles. The molecule has 2 rings (SSSR count). The van der Waals surface area contributed by atoms with Crippen molar-refractivity contribution in [3.05, 3.63) is 12.2 Å². The average molecular weight is 532 g/mol. The summed E-state index contributed by atoms with van der Waals surface area (Å²) >= 11 is -4.13. The van der Waals surface area contributed by atoms with Crippen LogP contribution in [0.1, 0.15) is 6.92 Å². The van der Waals surface area contributed by atoms with Crippen LogP contribution in [0.15, 0.2) is 12.2 Å². The number of ether oxygens (including phenoxy) is 3. The van der Waals surface area contributed by atoms with Crippen molar-refractivity contribution in [1.82, 2.24) is 3.53 Å². The Bertz CT molecular complexity index is 509. The third kappa shape index (κ3) is 3.34. The summed E-state index contributed by atoms with van der Waals surface area (Å²) in [6.07, 6.45) is -0.991.